The first-order chi connectivity index (χ1) is 14.6. The van der Waals surface area contributed by atoms with Crippen molar-refractivity contribution in [2.45, 2.75) is 6.92 Å². The molecule has 1 heterocycles. The number of methoxy groups -OCH3 is 2. The lowest BCUT2D eigenvalue weighted by molar-refractivity contribution is -0.113. The van der Waals surface area contributed by atoms with Crippen LogP contribution in [0.4, 0.5) is 5.69 Å². The minimum atomic E-state index is -0.172. The molecule has 0 aliphatic carbocycles. The van der Waals surface area contributed by atoms with E-state index in [-0.39, 0.29) is 5.91 Å². The van der Waals surface area contributed by atoms with Crippen LogP contribution < -0.4 is 14.4 Å². The minimum Gasteiger partial charge on any atom is -0.493 e. The first-order valence-electron chi connectivity index (χ1n) is 9.59. The summed E-state index contributed by atoms with van der Waals surface area (Å²) in [5.41, 5.74) is 3.91. The van der Waals surface area contributed by atoms with E-state index in [4.69, 9.17) is 14.5 Å². The Morgan fingerprint density at radius 3 is 2.33 bits per heavy atom. The molecule has 5 heteroatoms. The summed E-state index contributed by atoms with van der Waals surface area (Å²) in [4.78, 5) is 19.7. The average molecular weight is 398 g/mol. The molecule has 5 nitrogen and oxygen atoms in total. The molecule has 0 aromatic heterocycles. The van der Waals surface area contributed by atoms with Crippen molar-refractivity contribution in [1.29, 1.82) is 0 Å². The lowest BCUT2D eigenvalue weighted by atomic mass is 10.1. The highest BCUT2D eigenvalue weighted by Crippen LogP contribution is 2.31. The van der Waals surface area contributed by atoms with Gasteiger partial charge in [0.15, 0.2) is 11.5 Å². The lowest BCUT2D eigenvalue weighted by Crippen LogP contribution is -2.32. The van der Waals surface area contributed by atoms with E-state index in [2.05, 4.69) is 0 Å². The minimum absolute atomic E-state index is 0.172. The van der Waals surface area contributed by atoms with Crippen LogP contribution in [0, 0.1) is 6.92 Å². The van der Waals surface area contributed by atoms with Crippen molar-refractivity contribution >= 4 is 23.5 Å². The van der Waals surface area contributed by atoms with E-state index in [0.29, 0.717) is 23.0 Å². The number of amidine groups is 1. The van der Waals surface area contributed by atoms with Gasteiger partial charge in [0, 0.05) is 5.56 Å². The molecular formula is C25H22N2O3. The highest BCUT2D eigenvalue weighted by molar-refractivity contribution is 6.33. The predicted molar refractivity (Wildman–Crippen MR) is 119 cm³/mol. The summed E-state index contributed by atoms with van der Waals surface area (Å²) in [6.07, 6.45) is 1.77. The van der Waals surface area contributed by atoms with Crippen molar-refractivity contribution in [3.8, 4) is 11.5 Å². The van der Waals surface area contributed by atoms with Gasteiger partial charge in [-0.3, -0.25) is 9.69 Å². The third-order valence-corrected chi connectivity index (χ3v) is 4.86. The number of rotatable bonds is 5. The number of aliphatic imine (C=N–C) groups is 1. The van der Waals surface area contributed by atoms with Gasteiger partial charge in [0.2, 0.25) is 0 Å². The van der Waals surface area contributed by atoms with Crippen LogP contribution in [0.1, 0.15) is 16.7 Å². The van der Waals surface area contributed by atoms with E-state index < -0.39 is 0 Å². The number of aryl methyl sites for hydroxylation is 1. The summed E-state index contributed by atoms with van der Waals surface area (Å²) >= 11 is 0. The second-order valence-electron chi connectivity index (χ2n) is 6.93. The van der Waals surface area contributed by atoms with E-state index >= 15 is 0 Å². The van der Waals surface area contributed by atoms with Crippen molar-refractivity contribution in [3.63, 3.8) is 0 Å². The van der Waals surface area contributed by atoms with Gasteiger partial charge < -0.3 is 9.47 Å². The molecule has 1 aliphatic heterocycles. The van der Waals surface area contributed by atoms with Crippen molar-refractivity contribution in [2.75, 3.05) is 19.1 Å². The maximum absolute atomic E-state index is 13.4. The fraction of sp³-hybridized carbons (Fsp3) is 0.120. The number of benzene rings is 3. The van der Waals surface area contributed by atoms with Gasteiger partial charge in [0.05, 0.1) is 19.9 Å². The Kier molecular flexibility index (Phi) is 5.35. The molecular weight excluding hydrogens is 376 g/mol. The summed E-state index contributed by atoms with van der Waals surface area (Å²) in [5, 5.41) is 0. The van der Waals surface area contributed by atoms with E-state index in [1.54, 1.807) is 25.2 Å². The summed E-state index contributed by atoms with van der Waals surface area (Å²) in [7, 11) is 3.17. The van der Waals surface area contributed by atoms with E-state index in [1.807, 2.05) is 79.7 Å². The van der Waals surface area contributed by atoms with Crippen LogP contribution in [0.3, 0.4) is 0 Å². The van der Waals surface area contributed by atoms with Crippen LogP contribution in [0.2, 0.25) is 0 Å². The molecule has 4 rings (SSSR count). The second-order valence-corrected chi connectivity index (χ2v) is 6.93. The molecule has 0 atom stereocenters. The summed E-state index contributed by atoms with van der Waals surface area (Å²) in [5.74, 6) is 1.67. The van der Waals surface area contributed by atoms with Crippen LogP contribution >= 0.6 is 0 Å². The zero-order chi connectivity index (χ0) is 21.1. The van der Waals surface area contributed by atoms with E-state index in [9.17, 15) is 4.79 Å². The third kappa shape index (κ3) is 3.70. The Balaban J connectivity index is 1.81. The van der Waals surface area contributed by atoms with Crippen LogP contribution in [0.25, 0.3) is 6.08 Å². The van der Waals surface area contributed by atoms with Crippen molar-refractivity contribution < 1.29 is 14.3 Å². The summed E-state index contributed by atoms with van der Waals surface area (Å²) < 4.78 is 10.7. The SMILES string of the molecule is COc1ccc(/C=C2/N=C(c3ccccc3)N(c3cccc(C)c3)C2=O)cc1OC. The molecule has 0 N–H and O–H groups in total. The number of anilines is 1. The quantitative estimate of drug-likeness (QED) is 0.578. The molecule has 0 unspecified atom stereocenters. The zero-order valence-corrected chi connectivity index (χ0v) is 17.1. The number of amides is 1. The van der Waals surface area contributed by atoms with Crippen molar-refractivity contribution in [2.24, 2.45) is 4.99 Å². The monoisotopic (exact) mass is 398 g/mol. The molecule has 0 fully saturated rings. The Hall–Kier alpha value is -3.86. The molecule has 3 aromatic carbocycles. The molecule has 0 saturated carbocycles. The maximum Gasteiger partial charge on any atom is 0.282 e. The second kappa shape index (κ2) is 8.25. The average Bonchev–Trinajstić information content (AvgIpc) is 3.10. The molecule has 1 aliphatic rings. The highest BCUT2D eigenvalue weighted by atomic mass is 16.5. The van der Waals surface area contributed by atoms with Crippen LogP contribution in [0.15, 0.2) is 83.5 Å². The van der Waals surface area contributed by atoms with E-state index in [0.717, 1.165) is 22.4 Å². The molecule has 0 bridgehead atoms. The van der Waals surface area contributed by atoms with Crippen molar-refractivity contribution in [1.82, 2.24) is 0 Å². The normalized spacial score (nSPS) is 14.8. The van der Waals surface area contributed by atoms with E-state index in [1.165, 1.54) is 0 Å². The Labute approximate surface area is 175 Å². The number of carbonyl (C=O) groups is 1. The number of nitrogens with zero attached hydrogens (tertiary/aromatic N) is 2. The van der Waals surface area contributed by atoms with Crippen LogP contribution in [-0.4, -0.2) is 26.0 Å². The highest BCUT2D eigenvalue weighted by Gasteiger charge is 2.32. The summed E-state index contributed by atoms with van der Waals surface area (Å²) in [6, 6.07) is 23.1. The number of hydrogen-bond donors (Lipinski definition) is 0. The molecule has 30 heavy (non-hydrogen) atoms. The van der Waals surface area contributed by atoms with Gasteiger partial charge in [-0.15, -0.1) is 0 Å². The Bertz CT molecular complexity index is 1150. The number of hydrogen-bond acceptors (Lipinski definition) is 4. The van der Waals surface area contributed by atoms with Gasteiger partial charge in [-0.25, -0.2) is 4.99 Å². The van der Waals surface area contributed by atoms with Crippen molar-refractivity contribution in [3.05, 3.63) is 95.2 Å². The molecule has 1 amide bonds. The molecule has 0 radical (unpaired) electrons. The molecule has 0 saturated heterocycles. The number of ether oxygens (including phenoxy) is 2. The smallest absolute Gasteiger partial charge is 0.282 e. The van der Waals surface area contributed by atoms with Gasteiger partial charge in [0.25, 0.3) is 5.91 Å². The maximum atomic E-state index is 13.4. The largest absolute Gasteiger partial charge is 0.493 e. The number of carbonyl (C=O) groups excluding carboxylic acids is 1. The first kappa shape index (κ1) is 19.5. The predicted octanol–water partition coefficient (Wildman–Crippen LogP) is 4.85. The topological polar surface area (TPSA) is 51.1 Å². The van der Waals surface area contributed by atoms with Gasteiger partial charge >= 0.3 is 0 Å². The van der Waals surface area contributed by atoms with Gasteiger partial charge in [0.1, 0.15) is 11.5 Å². The molecule has 0 spiro atoms. The Morgan fingerprint density at radius 2 is 1.63 bits per heavy atom. The van der Waals surface area contributed by atoms with Gasteiger partial charge in [-0.1, -0.05) is 48.5 Å². The molecule has 150 valence electrons. The van der Waals surface area contributed by atoms with Crippen LogP contribution in [0.5, 0.6) is 11.5 Å². The molecule has 3 aromatic rings. The standard InChI is InChI=1S/C25H22N2O3/c1-17-8-7-11-20(14-17)27-24(19-9-5-4-6-10-19)26-21(25(27)28)15-18-12-13-22(29-2)23(16-18)30-3/h4-16H,1-3H3/b21-15+. The summed E-state index contributed by atoms with van der Waals surface area (Å²) in [6.45, 7) is 2.00. The third-order valence-electron chi connectivity index (χ3n) is 4.86. The lowest BCUT2D eigenvalue weighted by Gasteiger charge is -2.19. The fourth-order valence-electron chi connectivity index (χ4n) is 3.40. The first-order valence-corrected chi connectivity index (χ1v) is 9.59. The van der Waals surface area contributed by atoms with Gasteiger partial charge in [-0.2, -0.15) is 0 Å². The zero-order valence-electron chi connectivity index (χ0n) is 17.1. The van der Waals surface area contributed by atoms with Gasteiger partial charge in [-0.05, 0) is 48.4 Å². The van der Waals surface area contributed by atoms with Crippen LogP contribution in [-0.2, 0) is 4.79 Å². The Morgan fingerprint density at radius 1 is 0.867 bits per heavy atom. The fourth-order valence-corrected chi connectivity index (χ4v) is 3.40.